The molecule has 0 aromatic heterocycles. The van der Waals surface area contributed by atoms with Crippen LogP contribution in [-0.2, 0) is 4.74 Å². The number of nitrogens with two attached hydrogens (primary N) is 1. The monoisotopic (exact) mass is 267 g/mol. The number of amidine groups is 1. The number of aliphatic imine (C=N–C) groups is 1. The first-order valence-electron chi connectivity index (χ1n) is 5.86. The minimum atomic E-state index is -1.47. The highest BCUT2D eigenvalue weighted by molar-refractivity contribution is 5.91. The van der Waals surface area contributed by atoms with Crippen molar-refractivity contribution in [2.24, 2.45) is 16.6 Å². The molecule has 0 radical (unpaired) electrons. The van der Waals surface area contributed by atoms with Crippen molar-refractivity contribution in [1.29, 1.82) is 0 Å². The first-order valence-corrected chi connectivity index (χ1v) is 5.86. The zero-order valence-corrected chi connectivity index (χ0v) is 10.5. The Kier molecular flexibility index (Phi) is 3.52. The molecule has 2 heterocycles. The van der Waals surface area contributed by atoms with Crippen molar-refractivity contribution in [1.82, 2.24) is 4.90 Å². The number of nitrogens with zero attached hydrogens (tertiary/aromatic N) is 2. The summed E-state index contributed by atoms with van der Waals surface area (Å²) in [6.07, 6.45) is 5.40. The van der Waals surface area contributed by atoms with Crippen molar-refractivity contribution < 1.29 is 20.1 Å². The maximum Gasteiger partial charge on any atom is 0.229 e. The topological polar surface area (TPSA) is 112 Å². The molecule has 0 aromatic rings. The van der Waals surface area contributed by atoms with E-state index in [4.69, 9.17) is 16.9 Å². The lowest BCUT2D eigenvalue weighted by atomic mass is 9.92. The second kappa shape index (κ2) is 4.83. The Morgan fingerprint density at radius 2 is 2.32 bits per heavy atom. The smallest absolute Gasteiger partial charge is 0.229 e. The summed E-state index contributed by atoms with van der Waals surface area (Å²) in [5.41, 5.74) is 4.00. The molecule has 7 nitrogen and oxygen atoms in total. The fraction of sp³-hybridized carbons (Fsp3) is 0.583. The molecule has 0 spiro atoms. The highest BCUT2D eigenvalue weighted by atomic mass is 16.6. The summed E-state index contributed by atoms with van der Waals surface area (Å²) >= 11 is 0. The van der Waals surface area contributed by atoms with Crippen LogP contribution in [0.5, 0.6) is 0 Å². The van der Waals surface area contributed by atoms with Gasteiger partial charge >= 0.3 is 0 Å². The Balaban J connectivity index is 2.24. The molecule has 5 atom stereocenters. The fourth-order valence-electron chi connectivity index (χ4n) is 2.30. The standard InChI is InChI=1S/C12H17N3O4/c1-3-12(6-16)9(17)7(2)10(19-12)15-5-4-8(13)14-11(15)18/h1,4-5,7,9-11,16-18H,6H2,2H3,(H2,13,14). The van der Waals surface area contributed by atoms with Crippen LogP contribution in [0.25, 0.3) is 0 Å². The minimum Gasteiger partial charge on any atom is -0.392 e. The Morgan fingerprint density at radius 3 is 2.79 bits per heavy atom. The van der Waals surface area contributed by atoms with Gasteiger partial charge in [-0.1, -0.05) is 12.8 Å². The molecule has 1 saturated heterocycles. The van der Waals surface area contributed by atoms with Crippen LogP contribution in [-0.4, -0.2) is 56.9 Å². The Bertz CT molecular complexity index is 458. The fourth-order valence-corrected chi connectivity index (χ4v) is 2.30. The van der Waals surface area contributed by atoms with Gasteiger partial charge in [0.15, 0.2) is 5.60 Å². The number of hydrogen-bond acceptors (Lipinski definition) is 7. The maximum absolute atomic E-state index is 10.1. The van der Waals surface area contributed by atoms with Gasteiger partial charge in [0.2, 0.25) is 6.35 Å². The molecule has 2 aliphatic rings. The van der Waals surface area contributed by atoms with Crippen molar-refractivity contribution in [2.75, 3.05) is 6.61 Å². The van der Waals surface area contributed by atoms with Crippen LogP contribution in [0, 0.1) is 18.3 Å². The third-order valence-electron chi connectivity index (χ3n) is 3.48. The van der Waals surface area contributed by atoms with Crippen molar-refractivity contribution >= 4 is 5.84 Å². The van der Waals surface area contributed by atoms with E-state index in [1.54, 1.807) is 6.92 Å². The molecule has 104 valence electrons. The summed E-state index contributed by atoms with van der Waals surface area (Å²) in [5, 5.41) is 29.3. The van der Waals surface area contributed by atoms with Crippen molar-refractivity contribution in [3.8, 4) is 12.3 Å². The lowest BCUT2D eigenvalue weighted by Gasteiger charge is -2.34. The Labute approximate surface area is 111 Å². The molecule has 2 rings (SSSR count). The van der Waals surface area contributed by atoms with E-state index in [2.05, 4.69) is 10.9 Å². The van der Waals surface area contributed by atoms with Crippen LogP contribution >= 0.6 is 0 Å². The first-order chi connectivity index (χ1) is 8.95. The molecule has 5 N–H and O–H groups in total. The van der Waals surface area contributed by atoms with Gasteiger partial charge in [-0.15, -0.1) is 6.42 Å². The summed E-state index contributed by atoms with van der Waals surface area (Å²) < 4.78 is 5.59. The second-order valence-electron chi connectivity index (χ2n) is 4.67. The lowest BCUT2D eigenvalue weighted by Crippen LogP contribution is -2.45. The van der Waals surface area contributed by atoms with E-state index >= 15 is 0 Å². The highest BCUT2D eigenvalue weighted by Gasteiger charge is 2.54. The van der Waals surface area contributed by atoms with E-state index in [1.165, 1.54) is 17.2 Å². The van der Waals surface area contributed by atoms with E-state index in [-0.39, 0.29) is 5.84 Å². The van der Waals surface area contributed by atoms with Crippen LogP contribution in [0.2, 0.25) is 0 Å². The molecule has 0 bridgehead atoms. The number of aliphatic hydroxyl groups is 3. The van der Waals surface area contributed by atoms with Gasteiger partial charge in [0.25, 0.3) is 0 Å². The van der Waals surface area contributed by atoms with Crippen LogP contribution in [0.1, 0.15) is 6.92 Å². The van der Waals surface area contributed by atoms with Crippen molar-refractivity contribution in [2.45, 2.75) is 31.2 Å². The summed E-state index contributed by atoms with van der Waals surface area (Å²) in [5.74, 6) is 2.06. The summed E-state index contributed by atoms with van der Waals surface area (Å²) in [6, 6.07) is 0. The zero-order chi connectivity index (χ0) is 14.2. The molecule has 0 saturated carbocycles. The summed E-state index contributed by atoms with van der Waals surface area (Å²) in [4.78, 5) is 5.17. The van der Waals surface area contributed by atoms with E-state index in [0.717, 1.165) is 0 Å². The van der Waals surface area contributed by atoms with Crippen molar-refractivity contribution in [3.05, 3.63) is 12.3 Å². The highest BCUT2D eigenvalue weighted by Crippen LogP contribution is 2.37. The van der Waals surface area contributed by atoms with Crippen LogP contribution < -0.4 is 5.73 Å². The molecule has 0 amide bonds. The molecule has 2 aliphatic heterocycles. The Morgan fingerprint density at radius 1 is 1.63 bits per heavy atom. The molecule has 19 heavy (non-hydrogen) atoms. The SMILES string of the molecule is C#CC1(CO)OC(N2C=CC(N)=NC2O)C(C)C1O. The second-order valence-corrected chi connectivity index (χ2v) is 4.67. The predicted octanol–water partition coefficient (Wildman–Crippen LogP) is -1.83. The lowest BCUT2D eigenvalue weighted by molar-refractivity contribution is -0.139. The molecular weight excluding hydrogens is 250 g/mol. The average Bonchev–Trinajstić information content (AvgIpc) is 2.64. The number of ether oxygens (including phenoxy) is 1. The number of terminal acetylenes is 1. The molecule has 5 unspecified atom stereocenters. The minimum absolute atomic E-state index is 0.195. The first kappa shape index (κ1) is 13.8. The third-order valence-corrected chi connectivity index (χ3v) is 3.48. The van der Waals surface area contributed by atoms with Gasteiger partial charge in [-0.25, -0.2) is 4.99 Å². The number of rotatable bonds is 2. The van der Waals surface area contributed by atoms with E-state index in [1.807, 2.05) is 0 Å². The van der Waals surface area contributed by atoms with Gasteiger partial charge in [0.05, 0.1) is 6.61 Å². The van der Waals surface area contributed by atoms with Crippen molar-refractivity contribution in [3.63, 3.8) is 0 Å². The van der Waals surface area contributed by atoms with Gasteiger partial charge in [-0.2, -0.15) is 0 Å². The summed E-state index contributed by atoms with van der Waals surface area (Å²) in [6.45, 7) is 1.21. The zero-order valence-electron chi connectivity index (χ0n) is 10.5. The maximum atomic E-state index is 10.1. The molecule has 1 fully saturated rings. The van der Waals surface area contributed by atoms with Crippen LogP contribution in [0.4, 0.5) is 0 Å². The molecule has 0 aliphatic carbocycles. The van der Waals surface area contributed by atoms with Crippen LogP contribution in [0.3, 0.4) is 0 Å². The van der Waals surface area contributed by atoms with Gasteiger partial charge in [0.1, 0.15) is 18.2 Å². The molecule has 0 aromatic carbocycles. The van der Waals surface area contributed by atoms with E-state index in [9.17, 15) is 15.3 Å². The Hall–Kier alpha value is -1.59. The molecular formula is C12H17N3O4. The normalized spacial score (nSPS) is 42.1. The third kappa shape index (κ3) is 2.09. The van der Waals surface area contributed by atoms with Gasteiger partial charge in [-0.05, 0) is 6.08 Å². The predicted molar refractivity (Wildman–Crippen MR) is 67.3 cm³/mol. The van der Waals surface area contributed by atoms with Gasteiger partial charge < -0.3 is 30.7 Å². The number of aliphatic hydroxyl groups excluding tert-OH is 3. The quantitative estimate of drug-likeness (QED) is 0.438. The van der Waals surface area contributed by atoms with Gasteiger partial charge in [-0.3, -0.25) is 0 Å². The van der Waals surface area contributed by atoms with E-state index < -0.39 is 36.8 Å². The average molecular weight is 267 g/mol. The van der Waals surface area contributed by atoms with Gasteiger partial charge in [0, 0.05) is 12.1 Å². The number of hydrogen-bond donors (Lipinski definition) is 4. The summed E-state index contributed by atoms with van der Waals surface area (Å²) in [7, 11) is 0. The van der Waals surface area contributed by atoms with Crippen LogP contribution in [0.15, 0.2) is 17.3 Å². The molecule has 7 heteroatoms. The van der Waals surface area contributed by atoms with E-state index in [0.29, 0.717) is 0 Å². The largest absolute Gasteiger partial charge is 0.392 e.